The number of halogens is 1. The van der Waals surface area contributed by atoms with Crippen molar-refractivity contribution in [3.63, 3.8) is 0 Å². The number of hydrogen-bond acceptors (Lipinski definition) is 6. The Morgan fingerprint density at radius 3 is 2.56 bits per heavy atom. The Bertz CT molecular complexity index is 877. The van der Waals surface area contributed by atoms with Gasteiger partial charge in [-0.25, -0.2) is 8.42 Å². The highest BCUT2D eigenvalue weighted by Crippen LogP contribution is 2.21. The van der Waals surface area contributed by atoms with Crippen molar-refractivity contribution in [1.82, 2.24) is 19.0 Å². The van der Waals surface area contributed by atoms with Crippen LogP contribution in [0.4, 0.5) is 5.82 Å². The highest BCUT2D eigenvalue weighted by atomic mass is 79.9. The van der Waals surface area contributed by atoms with Crippen LogP contribution in [0.5, 0.6) is 0 Å². The van der Waals surface area contributed by atoms with Crippen molar-refractivity contribution in [1.29, 1.82) is 0 Å². The minimum Gasteiger partial charge on any atom is -0.358 e. The molecule has 9 nitrogen and oxygen atoms in total. The van der Waals surface area contributed by atoms with Crippen molar-refractivity contribution >= 4 is 31.8 Å². The zero-order chi connectivity index (χ0) is 18.0. The Balaban J connectivity index is 1.65. The van der Waals surface area contributed by atoms with Crippen LogP contribution in [0.1, 0.15) is 0 Å². The second-order valence-corrected chi connectivity index (χ2v) is 8.42. The molecule has 0 saturated carbocycles. The molecule has 0 aliphatic carbocycles. The van der Waals surface area contributed by atoms with Gasteiger partial charge in [-0.3, -0.25) is 4.90 Å². The molecule has 2 aromatic rings. The maximum absolute atomic E-state index is 12.7. The van der Waals surface area contributed by atoms with Crippen LogP contribution in [0.15, 0.2) is 45.9 Å². The first kappa shape index (κ1) is 18.0. The molecule has 1 aliphatic heterocycles. The molecular formula is C14H16BrN5O4S. The van der Waals surface area contributed by atoms with Crippen LogP contribution in [0.25, 0.3) is 0 Å². The van der Waals surface area contributed by atoms with Crippen molar-refractivity contribution in [2.24, 2.45) is 0 Å². The van der Waals surface area contributed by atoms with Crippen LogP contribution < -0.4 is 0 Å². The molecular weight excluding hydrogens is 414 g/mol. The first-order chi connectivity index (χ1) is 11.9. The minimum atomic E-state index is -3.55. The van der Waals surface area contributed by atoms with Gasteiger partial charge < -0.3 is 10.1 Å². The lowest BCUT2D eigenvalue weighted by Crippen LogP contribution is -2.48. The van der Waals surface area contributed by atoms with Crippen LogP contribution in [0.3, 0.4) is 0 Å². The third kappa shape index (κ3) is 3.89. The largest absolute Gasteiger partial charge is 0.358 e. The third-order valence-corrected chi connectivity index (χ3v) is 6.37. The second kappa shape index (κ2) is 7.20. The fourth-order valence-corrected chi connectivity index (χ4v) is 4.69. The second-order valence-electron chi connectivity index (χ2n) is 5.57. The van der Waals surface area contributed by atoms with E-state index in [4.69, 9.17) is 0 Å². The predicted molar refractivity (Wildman–Crippen MR) is 93.4 cm³/mol. The van der Waals surface area contributed by atoms with E-state index in [2.05, 4.69) is 21.0 Å². The molecule has 0 radical (unpaired) electrons. The first-order valence-corrected chi connectivity index (χ1v) is 9.75. The average molecular weight is 430 g/mol. The molecule has 134 valence electrons. The van der Waals surface area contributed by atoms with E-state index in [1.807, 2.05) is 4.90 Å². The zero-order valence-electron chi connectivity index (χ0n) is 13.2. The number of piperazine rings is 1. The average Bonchev–Trinajstić information content (AvgIpc) is 3.04. The number of rotatable bonds is 5. The van der Waals surface area contributed by atoms with Gasteiger partial charge in [-0.05, 0) is 23.1 Å². The fourth-order valence-electron chi connectivity index (χ4n) is 2.67. The summed E-state index contributed by atoms with van der Waals surface area (Å²) in [5.74, 6) is -0.0795. The van der Waals surface area contributed by atoms with Gasteiger partial charge >= 0.3 is 5.82 Å². The van der Waals surface area contributed by atoms with Gasteiger partial charge in [0.15, 0.2) is 6.67 Å². The maximum atomic E-state index is 12.7. The van der Waals surface area contributed by atoms with Crippen molar-refractivity contribution in [3.05, 3.63) is 51.1 Å². The zero-order valence-corrected chi connectivity index (χ0v) is 15.6. The van der Waals surface area contributed by atoms with Gasteiger partial charge in [-0.2, -0.15) is 4.31 Å². The number of sulfonamides is 1. The van der Waals surface area contributed by atoms with E-state index in [1.54, 1.807) is 24.3 Å². The highest BCUT2D eigenvalue weighted by Gasteiger charge is 2.29. The summed E-state index contributed by atoms with van der Waals surface area (Å²) in [4.78, 5) is 12.6. The van der Waals surface area contributed by atoms with E-state index in [0.29, 0.717) is 30.7 Å². The topological polar surface area (TPSA) is 102 Å². The van der Waals surface area contributed by atoms with Crippen LogP contribution >= 0.6 is 15.9 Å². The van der Waals surface area contributed by atoms with E-state index in [-0.39, 0.29) is 17.4 Å². The molecule has 1 aromatic heterocycles. The van der Waals surface area contributed by atoms with Gasteiger partial charge in [0.1, 0.15) is 0 Å². The number of aromatic nitrogens is 2. The Kier molecular flexibility index (Phi) is 5.18. The van der Waals surface area contributed by atoms with Gasteiger partial charge in [0.25, 0.3) is 0 Å². The van der Waals surface area contributed by atoms with Crippen molar-refractivity contribution < 1.29 is 13.3 Å². The smallest absolute Gasteiger partial charge is 0.346 e. The molecule has 3 rings (SSSR count). The van der Waals surface area contributed by atoms with Crippen LogP contribution in [0, 0.1) is 10.1 Å². The number of hydrogen-bond donors (Lipinski definition) is 0. The summed E-state index contributed by atoms with van der Waals surface area (Å²) in [6.45, 7) is 1.86. The van der Waals surface area contributed by atoms with Gasteiger partial charge in [-0.1, -0.05) is 27.1 Å². The summed E-state index contributed by atoms with van der Waals surface area (Å²) in [7, 11) is -3.55. The molecule has 0 atom stereocenters. The molecule has 0 bridgehead atoms. The summed E-state index contributed by atoms with van der Waals surface area (Å²) in [6, 6.07) is 7.94. The molecule has 1 aromatic carbocycles. The fraction of sp³-hybridized carbons (Fsp3) is 0.357. The van der Waals surface area contributed by atoms with Gasteiger partial charge in [0, 0.05) is 30.7 Å². The van der Waals surface area contributed by atoms with E-state index < -0.39 is 14.9 Å². The van der Waals surface area contributed by atoms with Crippen LogP contribution in [-0.2, 0) is 16.7 Å². The predicted octanol–water partition coefficient (Wildman–Crippen LogP) is 1.52. The maximum Gasteiger partial charge on any atom is 0.346 e. The quantitative estimate of drug-likeness (QED) is 0.527. The van der Waals surface area contributed by atoms with Gasteiger partial charge in [0.05, 0.1) is 17.2 Å². The summed E-state index contributed by atoms with van der Waals surface area (Å²) in [5.41, 5.74) is 0. The van der Waals surface area contributed by atoms with E-state index in [0.717, 1.165) is 0 Å². The van der Waals surface area contributed by atoms with Crippen molar-refractivity contribution in [2.45, 2.75) is 11.6 Å². The molecule has 0 amide bonds. The molecule has 1 fully saturated rings. The van der Waals surface area contributed by atoms with Crippen LogP contribution in [-0.4, -0.2) is 58.5 Å². The minimum absolute atomic E-state index is 0.0795. The summed E-state index contributed by atoms with van der Waals surface area (Å²) >= 11 is 3.28. The summed E-state index contributed by atoms with van der Waals surface area (Å²) < 4.78 is 28.8. The van der Waals surface area contributed by atoms with E-state index in [9.17, 15) is 18.5 Å². The van der Waals surface area contributed by atoms with Crippen LogP contribution in [0.2, 0.25) is 0 Å². The normalized spacial score (nSPS) is 16.8. The third-order valence-electron chi connectivity index (χ3n) is 3.98. The lowest BCUT2D eigenvalue weighted by Gasteiger charge is -2.32. The van der Waals surface area contributed by atoms with E-state index in [1.165, 1.54) is 21.3 Å². The number of benzene rings is 1. The standard InChI is InChI=1S/C14H16BrN5O4S/c15-12-2-1-3-13(10-12)25(23,24)18-8-6-17(7-9-18)11-19-14(20(21)22)4-5-16-19/h1-5,10H,6-9,11H2. The Morgan fingerprint density at radius 1 is 1.20 bits per heavy atom. The Morgan fingerprint density at radius 2 is 1.92 bits per heavy atom. The lowest BCUT2D eigenvalue weighted by molar-refractivity contribution is -0.393. The number of nitrogens with zero attached hydrogens (tertiary/aromatic N) is 5. The van der Waals surface area contributed by atoms with Gasteiger partial charge in [-0.15, -0.1) is 4.68 Å². The lowest BCUT2D eigenvalue weighted by atomic mass is 10.4. The van der Waals surface area contributed by atoms with Crippen molar-refractivity contribution in [3.8, 4) is 0 Å². The molecule has 0 N–H and O–H groups in total. The molecule has 1 aliphatic rings. The SMILES string of the molecule is O=[N+]([O-])c1ccnn1CN1CCN(S(=O)(=O)c2cccc(Br)c2)CC1. The number of nitro groups is 1. The molecule has 0 unspecified atom stereocenters. The van der Waals surface area contributed by atoms with Crippen molar-refractivity contribution in [2.75, 3.05) is 26.2 Å². The Hall–Kier alpha value is -1.82. The van der Waals surface area contributed by atoms with E-state index >= 15 is 0 Å². The van der Waals surface area contributed by atoms with Gasteiger partial charge in [0.2, 0.25) is 10.0 Å². The Labute approximate surface area is 153 Å². The molecule has 0 spiro atoms. The summed E-state index contributed by atoms with van der Waals surface area (Å²) in [6.07, 6.45) is 1.38. The first-order valence-electron chi connectivity index (χ1n) is 7.52. The molecule has 11 heteroatoms. The highest BCUT2D eigenvalue weighted by molar-refractivity contribution is 9.10. The molecule has 1 saturated heterocycles. The monoisotopic (exact) mass is 429 g/mol. The molecule has 25 heavy (non-hydrogen) atoms. The summed E-state index contributed by atoms with van der Waals surface area (Å²) in [5, 5.41) is 14.9. The molecule has 2 heterocycles.